The summed E-state index contributed by atoms with van der Waals surface area (Å²) in [6, 6.07) is 10.3. The molecule has 1 aliphatic rings. The Labute approximate surface area is 122 Å². The number of aliphatic hydroxyl groups excluding tert-OH is 1. The van der Waals surface area contributed by atoms with Crippen LogP contribution in [0.5, 0.6) is 0 Å². The summed E-state index contributed by atoms with van der Waals surface area (Å²) in [5, 5.41) is 8.84. The molecule has 1 fully saturated rings. The van der Waals surface area contributed by atoms with Gasteiger partial charge in [0, 0.05) is 19.7 Å². The molecule has 0 saturated carbocycles. The molecule has 0 aromatic heterocycles. The second-order valence-electron chi connectivity index (χ2n) is 5.77. The number of aliphatic hydroxyl groups is 1. The molecular weight excluding hydrogens is 250 g/mol. The van der Waals surface area contributed by atoms with E-state index in [0.29, 0.717) is 13.2 Å². The third-order valence-corrected chi connectivity index (χ3v) is 4.01. The Morgan fingerprint density at radius 1 is 1.20 bits per heavy atom. The summed E-state index contributed by atoms with van der Waals surface area (Å²) >= 11 is 0. The number of unbranched alkanes of at least 4 members (excludes halogenated alkanes) is 1. The third kappa shape index (κ3) is 5.61. The molecule has 1 aromatic rings. The van der Waals surface area contributed by atoms with Crippen molar-refractivity contribution in [1.29, 1.82) is 0 Å². The van der Waals surface area contributed by atoms with E-state index in [1.807, 2.05) is 6.07 Å². The van der Waals surface area contributed by atoms with Crippen LogP contribution in [0, 0.1) is 5.92 Å². The topological polar surface area (TPSA) is 32.7 Å². The van der Waals surface area contributed by atoms with Crippen molar-refractivity contribution in [3.05, 3.63) is 35.9 Å². The van der Waals surface area contributed by atoms with Crippen LogP contribution in [0.2, 0.25) is 0 Å². The van der Waals surface area contributed by atoms with Gasteiger partial charge in [-0.05, 0) is 37.2 Å². The van der Waals surface area contributed by atoms with Crippen molar-refractivity contribution >= 4 is 0 Å². The van der Waals surface area contributed by atoms with Crippen LogP contribution in [0.3, 0.4) is 0 Å². The van der Waals surface area contributed by atoms with E-state index in [9.17, 15) is 0 Å². The Morgan fingerprint density at radius 3 is 2.85 bits per heavy atom. The number of ether oxygens (including phenoxy) is 1. The summed E-state index contributed by atoms with van der Waals surface area (Å²) in [5.74, 6) is 0.788. The maximum Gasteiger partial charge on any atom is 0.0994 e. The molecule has 20 heavy (non-hydrogen) atoms. The average molecular weight is 277 g/mol. The number of nitrogens with zero attached hydrogens (tertiary/aromatic N) is 1. The van der Waals surface area contributed by atoms with E-state index in [1.54, 1.807) is 0 Å². The quantitative estimate of drug-likeness (QED) is 0.741. The van der Waals surface area contributed by atoms with Crippen LogP contribution in [0.25, 0.3) is 0 Å². The normalized spacial score (nSPS) is 20.1. The van der Waals surface area contributed by atoms with Crippen LogP contribution < -0.4 is 0 Å². The van der Waals surface area contributed by atoms with Gasteiger partial charge in [0.05, 0.1) is 13.3 Å². The fourth-order valence-electron chi connectivity index (χ4n) is 2.92. The minimum Gasteiger partial charge on any atom is -0.396 e. The lowest BCUT2D eigenvalue weighted by Gasteiger charge is -2.32. The van der Waals surface area contributed by atoms with Gasteiger partial charge in [0.2, 0.25) is 0 Å². The monoisotopic (exact) mass is 277 g/mol. The van der Waals surface area contributed by atoms with Gasteiger partial charge in [-0.1, -0.05) is 36.8 Å². The van der Waals surface area contributed by atoms with Crippen molar-refractivity contribution in [3.63, 3.8) is 0 Å². The molecule has 1 aromatic carbocycles. The van der Waals surface area contributed by atoms with Crippen molar-refractivity contribution in [2.75, 3.05) is 26.4 Å². The highest BCUT2D eigenvalue weighted by molar-refractivity contribution is 5.13. The van der Waals surface area contributed by atoms with Crippen LogP contribution in [0.1, 0.15) is 37.7 Å². The number of benzene rings is 1. The molecule has 1 aliphatic heterocycles. The summed E-state index contributed by atoms with van der Waals surface area (Å²) in [6.07, 6.45) is 5.95. The summed E-state index contributed by atoms with van der Waals surface area (Å²) in [7, 11) is 0. The van der Waals surface area contributed by atoms with Gasteiger partial charge in [0.1, 0.15) is 0 Å². The van der Waals surface area contributed by atoms with Crippen molar-refractivity contribution in [3.8, 4) is 0 Å². The molecule has 0 aliphatic carbocycles. The zero-order valence-corrected chi connectivity index (χ0v) is 12.3. The Balaban J connectivity index is 1.63. The van der Waals surface area contributed by atoms with Gasteiger partial charge in [-0.2, -0.15) is 0 Å². The predicted molar refractivity (Wildman–Crippen MR) is 81.3 cm³/mol. The fourth-order valence-corrected chi connectivity index (χ4v) is 2.92. The first-order valence-corrected chi connectivity index (χ1v) is 7.83. The maximum absolute atomic E-state index is 8.84. The molecular formula is C17H27NO2. The number of hydrogen-bond donors (Lipinski definition) is 1. The lowest BCUT2D eigenvalue weighted by atomic mass is 9.93. The van der Waals surface area contributed by atoms with E-state index in [-0.39, 0.29) is 0 Å². The van der Waals surface area contributed by atoms with Crippen molar-refractivity contribution in [2.45, 2.75) is 38.7 Å². The van der Waals surface area contributed by atoms with E-state index in [1.165, 1.54) is 24.8 Å². The van der Waals surface area contributed by atoms with Gasteiger partial charge in [-0.15, -0.1) is 0 Å². The van der Waals surface area contributed by atoms with Gasteiger partial charge >= 0.3 is 0 Å². The maximum atomic E-state index is 8.84. The molecule has 0 spiro atoms. The molecule has 3 nitrogen and oxygen atoms in total. The number of piperidine rings is 1. The first-order chi connectivity index (χ1) is 9.88. The second-order valence-corrected chi connectivity index (χ2v) is 5.77. The smallest absolute Gasteiger partial charge is 0.0994 e. The fraction of sp³-hybridized carbons (Fsp3) is 0.647. The molecule has 1 atom stereocenters. The first kappa shape index (κ1) is 15.5. The van der Waals surface area contributed by atoms with Crippen molar-refractivity contribution < 1.29 is 9.84 Å². The number of rotatable bonds is 8. The largest absolute Gasteiger partial charge is 0.396 e. The van der Waals surface area contributed by atoms with Crippen LogP contribution in [0.4, 0.5) is 0 Å². The van der Waals surface area contributed by atoms with Crippen molar-refractivity contribution in [2.24, 2.45) is 5.92 Å². The first-order valence-electron chi connectivity index (χ1n) is 7.83. The lowest BCUT2D eigenvalue weighted by molar-refractivity contribution is -0.00309. The van der Waals surface area contributed by atoms with E-state index in [2.05, 4.69) is 29.2 Å². The van der Waals surface area contributed by atoms with Gasteiger partial charge in [-0.25, -0.2) is 0 Å². The van der Waals surface area contributed by atoms with Gasteiger partial charge < -0.3 is 9.84 Å². The highest BCUT2D eigenvalue weighted by Crippen LogP contribution is 2.21. The van der Waals surface area contributed by atoms with Gasteiger partial charge in [0.25, 0.3) is 0 Å². The third-order valence-electron chi connectivity index (χ3n) is 4.01. The van der Waals surface area contributed by atoms with E-state index < -0.39 is 0 Å². The molecule has 0 radical (unpaired) electrons. The average Bonchev–Trinajstić information content (AvgIpc) is 2.49. The van der Waals surface area contributed by atoms with Crippen LogP contribution in [0.15, 0.2) is 30.3 Å². The standard InChI is InChI=1S/C17H27NO2/c19-12-5-4-7-16-10-6-11-18(13-16)15-20-14-17-8-2-1-3-9-17/h1-3,8-9,16,19H,4-7,10-15H2. The number of hydrogen-bond acceptors (Lipinski definition) is 3. The molecule has 0 bridgehead atoms. The molecule has 1 N–H and O–H groups in total. The highest BCUT2D eigenvalue weighted by Gasteiger charge is 2.19. The molecule has 0 amide bonds. The minimum absolute atomic E-state index is 0.330. The highest BCUT2D eigenvalue weighted by atomic mass is 16.5. The van der Waals surface area contributed by atoms with Crippen LogP contribution >= 0.6 is 0 Å². The Bertz CT molecular complexity index is 355. The summed E-state index contributed by atoms with van der Waals surface area (Å²) in [4.78, 5) is 2.43. The number of likely N-dealkylation sites (tertiary alicyclic amines) is 1. The second kappa shape index (κ2) is 9.11. The van der Waals surface area contributed by atoms with Gasteiger partial charge in [0.15, 0.2) is 0 Å². The Morgan fingerprint density at radius 2 is 2.05 bits per heavy atom. The van der Waals surface area contributed by atoms with Crippen LogP contribution in [-0.2, 0) is 11.3 Å². The molecule has 2 rings (SSSR count). The Kier molecular flexibility index (Phi) is 7.06. The van der Waals surface area contributed by atoms with E-state index in [4.69, 9.17) is 9.84 Å². The van der Waals surface area contributed by atoms with Crippen LogP contribution in [-0.4, -0.2) is 36.4 Å². The summed E-state index contributed by atoms with van der Waals surface area (Å²) in [6.45, 7) is 4.08. The molecule has 3 heteroatoms. The zero-order valence-electron chi connectivity index (χ0n) is 12.3. The molecule has 112 valence electrons. The van der Waals surface area contributed by atoms with Crippen molar-refractivity contribution in [1.82, 2.24) is 4.90 Å². The lowest BCUT2D eigenvalue weighted by Crippen LogP contribution is -2.36. The SMILES string of the molecule is OCCCCC1CCCN(COCc2ccccc2)C1. The molecule has 1 unspecified atom stereocenters. The van der Waals surface area contributed by atoms with Gasteiger partial charge in [-0.3, -0.25) is 4.90 Å². The summed E-state index contributed by atoms with van der Waals surface area (Å²) in [5.41, 5.74) is 1.24. The predicted octanol–water partition coefficient (Wildman–Crippen LogP) is 3.04. The Hall–Kier alpha value is -0.900. The minimum atomic E-state index is 0.330. The zero-order chi connectivity index (χ0) is 14.0. The summed E-state index contributed by atoms with van der Waals surface area (Å²) < 4.78 is 5.82. The van der Waals surface area contributed by atoms with E-state index in [0.717, 1.165) is 38.6 Å². The van der Waals surface area contributed by atoms with E-state index >= 15 is 0 Å². The molecule has 1 heterocycles. The molecule has 1 saturated heterocycles.